The molecule has 24 heavy (non-hydrogen) atoms. The number of hydrogen-bond acceptors (Lipinski definition) is 5. The second kappa shape index (κ2) is 6.49. The second-order valence-corrected chi connectivity index (χ2v) is 6.92. The van der Waals surface area contributed by atoms with Gasteiger partial charge < -0.3 is 10.2 Å². The topological polar surface area (TPSA) is 91.7 Å². The van der Waals surface area contributed by atoms with Crippen LogP contribution in [0.25, 0.3) is 5.76 Å². The summed E-state index contributed by atoms with van der Waals surface area (Å²) in [6.07, 6.45) is 3.17. The van der Waals surface area contributed by atoms with E-state index in [-0.39, 0.29) is 16.7 Å². The number of ketones is 1. The summed E-state index contributed by atoms with van der Waals surface area (Å²) in [6, 6.07) is 5.68. The number of hydrogen-bond donors (Lipinski definition) is 2. The molecule has 1 saturated heterocycles. The van der Waals surface area contributed by atoms with E-state index in [1.54, 1.807) is 26.0 Å². The summed E-state index contributed by atoms with van der Waals surface area (Å²) in [5, 5.41) is 19.1. The fraction of sp³-hybridized carbons (Fsp3) is 0.167. The van der Waals surface area contributed by atoms with Gasteiger partial charge in [-0.1, -0.05) is 54.3 Å². The number of aliphatic hydroxyl groups is 1. The van der Waals surface area contributed by atoms with Crippen LogP contribution in [0.15, 0.2) is 54.1 Å². The Labute approximate surface area is 143 Å². The number of carboxylic acids is 1. The Kier molecular flexibility index (Phi) is 4.80. The van der Waals surface area contributed by atoms with Crippen molar-refractivity contribution in [2.24, 2.45) is 0 Å². The molecule has 5 nitrogen and oxygen atoms in total. The van der Waals surface area contributed by atoms with Gasteiger partial charge in [-0.05, 0) is 19.9 Å². The van der Waals surface area contributed by atoms with Gasteiger partial charge in [-0.2, -0.15) is 0 Å². The third-order valence-electron chi connectivity index (χ3n) is 3.66. The molecule has 1 atom stereocenters. The van der Waals surface area contributed by atoms with Gasteiger partial charge in [0.05, 0.1) is 5.56 Å². The molecule has 0 amide bonds. The minimum atomic E-state index is -1.26. The predicted molar refractivity (Wildman–Crippen MR) is 92.9 cm³/mol. The van der Waals surface area contributed by atoms with Crippen LogP contribution >= 0.6 is 11.8 Å². The van der Waals surface area contributed by atoms with E-state index in [1.807, 2.05) is 0 Å². The quantitative estimate of drug-likeness (QED) is 0.376. The molecule has 1 fully saturated rings. The lowest BCUT2D eigenvalue weighted by atomic mass is 9.94. The van der Waals surface area contributed by atoms with Crippen molar-refractivity contribution in [3.63, 3.8) is 0 Å². The van der Waals surface area contributed by atoms with Gasteiger partial charge in [0, 0.05) is 5.56 Å². The lowest BCUT2D eigenvalue weighted by Crippen LogP contribution is -2.25. The summed E-state index contributed by atoms with van der Waals surface area (Å²) in [4.78, 5) is 36.3. The molecule has 1 heterocycles. The first-order valence-electron chi connectivity index (χ1n) is 7.07. The average Bonchev–Trinajstić information content (AvgIpc) is 2.75. The van der Waals surface area contributed by atoms with Crippen LogP contribution in [0, 0.1) is 0 Å². The third-order valence-corrected chi connectivity index (χ3v) is 4.78. The molecule has 0 aliphatic carbocycles. The number of thioether (sulfide) groups is 1. The zero-order valence-corrected chi connectivity index (χ0v) is 14.0. The molecule has 0 saturated carbocycles. The predicted octanol–water partition coefficient (Wildman–Crippen LogP) is 3.39. The zero-order valence-electron chi connectivity index (χ0n) is 13.2. The van der Waals surface area contributed by atoms with Crippen LogP contribution in [0.2, 0.25) is 0 Å². The van der Waals surface area contributed by atoms with E-state index < -0.39 is 27.4 Å². The van der Waals surface area contributed by atoms with E-state index in [0.29, 0.717) is 0 Å². The Bertz CT molecular complexity index is 818. The van der Waals surface area contributed by atoms with E-state index in [1.165, 1.54) is 24.3 Å². The molecule has 1 aliphatic rings. The van der Waals surface area contributed by atoms with Gasteiger partial charge in [-0.3, -0.25) is 9.59 Å². The fourth-order valence-corrected chi connectivity index (χ4v) is 3.55. The van der Waals surface area contributed by atoms with Crippen molar-refractivity contribution in [2.75, 3.05) is 0 Å². The molecule has 124 valence electrons. The van der Waals surface area contributed by atoms with Crippen molar-refractivity contribution in [1.82, 2.24) is 0 Å². The first kappa shape index (κ1) is 17.7. The number of Topliss-reactive ketones (excluding diaryl/α,β-unsaturated/α-hetero) is 1. The number of aliphatic hydroxyl groups excluding tert-OH is 1. The lowest BCUT2D eigenvalue weighted by molar-refractivity contribution is -0.117. The van der Waals surface area contributed by atoms with Crippen molar-refractivity contribution in [2.45, 2.75) is 18.6 Å². The van der Waals surface area contributed by atoms with Gasteiger partial charge in [-0.25, -0.2) is 4.79 Å². The summed E-state index contributed by atoms with van der Waals surface area (Å²) in [7, 11) is 0. The lowest BCUT2D eigenvalue weighted by Gasteiger charge is -2.15. The summed E-state index contributed by atoms with van der Waals surface area (Å²) in [5.41, 5.74) is 0.0950. The van der Waals surface area contributed by atoms with Crippen LogP contribution in [0.1, 0.15) is 29.8 Å². The number of benzene rings is 1. The van der Waals surface area contributed by atoms with Crippen LogP contribution in [0.4, 0.5) is 0 Å². The van der Waals surface area contributed by atoms with Crippen molar-refractivity contribution < 1.29 is 24.6 Å². The Hall–Kier alpha value is -2.60. The normalized spacial score (nSPS) is 23.3. The summed E-state index contributed by atoms with van der Waals surface area (Å²) < 4.78 is -1.16. The number of rotatable bonds is 4. The highest BCUT2D eigenvalue weighted by Crippen LogP contribution is 2.43. The molecule has 6 heteroatoms. The number of carbonyl (C=O) groups is 3. The van der Waals surface area contributed by atoms with Crippen molar-refractivity contribution in [3.8, 4) is 0 Å². The van der Waals surface area contributed by atoms with Gasteiger partial charge in [0.1, 0.15) is 16.1 Å². The van der Waals surface area contributed by atoms with Crippen LogP contribution in [0.3, 0.4) is 0 Å². The van der Waals surface area contributed by atoms with Crippen LogP contribution < -0.4 is 0 Å². The molecule has 0 aromatic heterocycles. The maximum Gasteiger partial charge on any atom is 0.336 e. The Morgan fingerprint density at radius 3 is 2.33 bits per heavy atom. The highest BCUT2D eigenvalue weighted by atomic mass is 32.2. The largest absolute Gasteiger partial charge is 0.506 e. The number of aromatic carboxylic acids is 1. The van der Waals surface area contributed by atoms with Gasteiger partial charge in [-0.15, -0.1) is 0 Å². The molecule has 2 N–H and O–H groups in total. The summed E-state index contributed by atoms with van der Waals surface area (Å²) >= 11 is 0.787. The Balaban J connectivity index is 2.62. The van der Waals surface area contributed by atoms with E-state index >= 15 is 0 Å². The highest BCUT2D eigenvalue weighted by Gasteiger charge is 2.48. The van der Waals surface area contributed by atoms with Crippen LogP contribution in [-0.2, 0) is 9.59 Å². The number of carbonyl (C=O) groups excluding carboxylic acids is 2. The molecule has 0 bridgehead atoms. The number of allylic oxidation sites excluding steroid dienone is 2. The van der Waals surface area contributed by atoms with Gasteiger partial charge in [0.2, 0.25) is 5.12 Å². The highest BCUT2D eigenvalue weighted by molar-refractivity contribution is 8.17. The van der Waals surface area contributed by atoms with E-state index in [2.05, 4.69) is 6.58 Å². The Morgan fingerprint density at radius 2 is 1.79 bits per heavy atom. The first-order valence-corrected chi connectivity index (χ1v) is 7.89. The molecule has 1 aromatic rings. The van der Waals surface area contributed by atoms with Crippen molar-refractivity contribution in [3.05, 3.63) is 65.3 Å². The molecule has 0 radical (unpaired) electrons. The smallest absolute Gasteiger partial charge is 0.336 e. The molecular formula is C18H16O5S. The average molecular weight is 344 g/mol. The van der Waals surface area contributed by atoms with Crippen molar-refractivity contribution >= 4 is 34.4 Å². The van der Waals surface area contributed by atoms with Crippen molar-refractivity contribution in [1.29, 1.82) is 0 Å². The zero-order chi connectivity index (χ0) is 18.1. The standard InChI is InChI=1S/C18H16O5S/c1-4-10(2)9-18(3)15(20)13(17(23)24-18)14(19)11-7-5-6-8-12(11)16(21)22/h4-9,19H,1H2,2-3H3,(H,21,22)/b10-9+,14-13-/t18-/m1/s1. The minimum absolute atomic E-state index is 0.0593. The molecule has 1 aliphatic heterocycles. The third kappa shape index (κ3) is 3.05. The van der Waals surface area contributed by atoms with E-state index in [4.69, 9.17) is 0 Å². The Morgan fingerprint density at radius 1 is 1.21 bits per heavy atom. The SMILES string of the molecule is C=C/C(C)=C/[C@@]1(C)SC(=O)/C(=C(\O)c2ccccc2C(=O)O)C1=O. The van der Waals surface area contributed by atoms with E-state index in [9.17, 15) is 24.6 Å². The molecule has 0 spiro atoms. The molecule has 2 rings (SSSR count). The number of carboxylic acid groups (broad SMARTS) is 1. The van der Waals surface area contributed by atoms with Gasteiger partial charge >= 0.3 is 5.97 Å². The second-order valence-electron chi connectivity index (χ2n) is 5.49. The monoisotopic (exact) mass is 344 g/mol. The van der Waals surface area contributed by atoms with Crippen LogP contribution in [-0.4, -0.2) is 31.8 Å². The van der Waals surface area contributed by atoms with Crippen LogP contribution in [0.5, 0.6) is 0 Å². The fourth-order valence-electron chi connectivity index (χ4n) is 2.43. The first-order chi connectivity index (χ1) is 11.2. The summed E-state index contributed by atoms with van der Waals surface area (Å²) in [6.45, 7) is 6.94. The maximum atomic E-state index is 12.7. The summed E-state index contributed by atoms with van der Waals surface area (Å²) in [5.74, 6) is -2.42. The molecule has 1 aromatic carbocycles. The molecular weight excluding hydrogens is 328 g/mol. The van der Waals surface area contributed by atoms with Gasteiger partial charge in [0.25, 0.3) is 0 Å². The van der Waals surface area contributed by atoms with E-state index in [0.717, 1.165) is 17.3 Å². The van der Waals surface area contributed by atoms with Gasteiger partial charge in [0.15, 0.2) is 5.78 Å². The minimum Gasteiger partial charge on any atom is -0.506 e. The maximum absolute atomic E-state index is 12.7. The molecule has 0 unspecified atom stereocenters.